The number of nitrogen functional groups attached to an aromatic ring is 1. The molecule has 2 aromatic carbocycles. The summed E-state index contributed by atoms with van der Waals surface area (Å²) in [5.74, 6) is 0.567. The Morgan fingerprint density at radius 2 is 1.67 bits per heavy atom. The molecule has 104 valence electrons. The number of rotatable bonds is 3. The standard InChI is InChI=1S/C15H14N6/c1-21(11-8-6-10(7-9-11)14(16)17)15-18-12-4-2-3-5-13(12)19-20-15/h2-9H,1H3,(H3,16,17). The Morgan fingerprint density at radius 3 is 2.33 bits per heavy atom. The van der Waals surface area contributed by atoms with Gasteiger partial charge in [-0.1, -0.05) is 12.1 Å². The molecule has 0 aliphatic rings. The highest BCUT2D eigenvalue weighted by Crippen LogP contribution is 2.21. The molecule has 0 saturated carbocycles. The van der Waals surface area contributed by atoms with E-state index < -0.39 is 0 Å². The zero-order valence-electron chi connectivity index (χ0n) is 11.5. The Morgan fingerprint density at radius 1 is 1.00 bits per heavy atom. The SMILES string of the molecule is CN(c1ccc(C(=N)N)cc1)c1nnc2ccccc2n1. The van der Waals surface area contributed by atoms with Crippen molar-refractivity contribution in [2.45, 2.75) is 0 Å². The fraction of sp³-hybridized carbons (Fsp3) is 0.0667. The van der Waals surface area contributed by atoms with Crippen molar-refractivity contribution in [2.75, 3.05) is 11.9 Å². The number of nitrogens with one attached hydrogen (secondary N) is 1. The quantitative estimate of drug-likeness (QED) is 0.565. The van der Waals surface area contributed by atoms with Gasteiger partial charge in [0.25, 0.3) is 0 Å². The molecule has 3 aromatic rings. The minimum Gasteiger partial charge on any atom is -0.384 e. The lowest BCUT2D eigenvalue weighted by Crippen LogP contribution is -2.15. The van der Waals surface area contributed by atoms with Crippen LogP contribution in [0.15, 0.2) is 48.5 Å². The summed E-state index contributed by atoms with van der Waals surface area (Å²) in [6, 6.07) is 14.9. The summed E-state index contributed by atoms with van der Waals surface area (Å²) in [6.45, 7) is 0. The van der Waals surface area contributed by atoms with Crippen molar-refractivity contribution in [3.05, 3.63) is 54.1 Å². The Kier molecular flexibility index (Phi) is 3.19. The lowest BCUT2D eigenvalue weighted by Gasteiger charge is -2.17. The number of hydrogen-bond donors (Lipinski definition) is 2. The first kappa shape index (κ1) is 13.0. The van der Waals surface area contributed by atoms with Gasteiger partial charge in [0.05, 0.1) is 5.52 Å². The van der Waals surface area contributed by atoms with E-state index in [2.05, 4.69) is 15.2 Å². The van der Waals surface area contributed by atoms with E-state index in [9.17, 15) is 0 Å². The van der Waals surface area contributed by atoms with Crippen molar-refractivity contribution in [2.24, 2.45) is 5.73 Å². The third-order valence-corrected chi connectivity index (χ3v) is 3.21. The zero-order valence-corrected chi connectivity index (χ0v) is 11.5. The fourth-order valence-electron chi connectivity index (χ4n) is 1.99. The number of nitrogens with two attached hydrogens (primary N) is 1. The number of fused-ring (bicyclic) bond motifs is 1. The normalized spacial score (nSPS) is 10.5. The van der Waals surface area contributed by atoms with Crippen molar-refractivity contribution in [1.29, 1.82) is 5.41 Å². The summed E-state index contributed by atoms with van der Waals surface area (Å²) in [6.07, 6.45) is 0. The van der Waals surface area contributed by atoms with Crippen LogP contribution in [0.4, 0.5) is 11.6 Å². The molecule has 0 atom stereocenters. The lowest BCUT2D eigenvalue weighted by atomic mass is 10.2. The molecule has 0 unspecified atom stereocenters. The van der Waals surface area contributed by atoms with Crippen LogP contribution in [0.3, 0.4) is 0 Å². The average molecular weight is 278 g/mol. The Balaban J connectivity index is 1.95. The Hall–Kier alpha value is -3.02. The van der Waals surface area contributed by atoms with Crippen LogP contribution in [0.1, 0.15) is 5.56 Å². The van der Waals surface area contributed by atoms with Gasteiger partial charge in [0.2, 0.25) is 5.95 Å². The smallest absolute Gasteiger partial charge is 0.250 e. The predicted octanol–water partition coefficient (Wildman–Crippen LogP) is 2.08. The number of anilines is 2. The summed E-state index contributed by atoms with van der Waals surface area (Å²) in [5.41, 5.74) is 8.60. The number of benzene rings is 2. The lowest BCUT2D eigenvalue weighted by molar-refractivity contribution is 0.967. The van der Waals surface area contributed by atoms with Crippen molar-refractivity contribution in [1.82, 2.24) is 15.2 Å². The number of para-hydroxylation sites is 1. The monoisotopic (exact) mass is 278 g/mol. The van der Waals surface area contributed by atoms with Crippen LogP contribution in [-0.2, 0) is 0 Å². The van der Waals surface area contributed by atoms with Gasteiger partial charge in [-0.3, -0.25) is 5.41 Å². The highest BCUT2D eigenvalue weighted by molar-refractivity contribution is 5.95. The second-order valence-electron chi connectivity index (χ2n) is 4.62. The molecule has 0 bridgehead atoms. The molecule has 0 aliphatic carbocycles. The molecule has 3 N–H and O–H groups in total. The minimum absolute atomic E-state index is 0.0489. The van der Waals surface area contributed by atoms with Crippen LogP contribution in [0.25, 0.3) is 11.0 Å². The molecule has 0 spiro atoms. The van der Waals surface area contributed by atoms with Gasteiger partial charge in [-0.25, -0.2) is 4.98 Å². The molecule has 0 fully saturated rings. The van der Waals surface area contributed by atoms with Gasteiger partial charge in [0.15, 0.2) is 0 Å². The van der Waals surface area contributed by atoms with Crippen molar-refractivity contribution >= 4 is 28.5 Å². The van der Waals surface area contributed by atoms with Gasteiger partial charge in [0.1, 0.15) is 11.4 Å². The van der Waals surface area contributed by atoms with Gasteiger partial charge in [-0.15, -0.1) is 10.2 Å². The number of nitrogens with zero attached hydrogens (tertiary/aromatic N) is 4. The highest BCUT2D eigenvalue weighted by atomic mass is 15.3. The molecule has 3 rings (SSSR count). The second-order valence-corrected chi connectivity index (χ2v) is 4.62. The first-order valence-electron chi connectivity index (χ1n) is 6.43. The number of hydrogen-bond acceptors (Lipinski definition) is 5. The first-order chi connectivity index (χ1) is 10.1. The van der Waals surface area contributed by atoms with Gasteiger partial charge < -0.3 is 10.6 Å². The van der Waals surface area contributed by atoms with E-state index in [1.165, 1.54) is 0 Å². The molecule has 6 nitrogen and oxygen atoms in total. The van der Waals surface area contributed by atoms with E-state index in [1.54, 1.807) is 12.1 Å². The fourth-order valence-corrected chi connectivity index (χ4v) is 1.99. The summed E-state index contributed by atoms with van der Waals surface area (Å²) in [4.78, 5) is 6.33. The van der Waals surface area contributed by atoms with Crippen LogP contribution < -0.4 is 10.6 Å². The van der Waals surface area contributed by atoms with Gasteiger partial charge in [-0.05, 0) is 36.4 Å². The average Bonchev–Trinajstić information content (AvgIpc) is 2.54. The van der Waals surface area contributed by atoms with Crippen LogP contribution >= 0.6 is 0 Å². The number of aromatic nitrogens is 3. The number of amidine groups is 1. The topological polar surface area (TPSA) is 91.8 Å². The van der Waals surface area contributed by atoms with E-state index in [4.69, 9.17) is 11.1 Å². The molecular weight excluding hydrogens is 264 g/mol. The molecule has 0 radical (unpaired) electrons. The highest BCUT2D eigenvalue weighted by Gasteiger charge is 2.09. The summed E-state index contributed by atoms with van der Waals surface area (Å²) >= 11 is 0. The largest absolute Gasteiger partial charge is 0.384 e. The molecule has 1 heterocycles. The third-order valence-electron chi connectivity index (χ3n) is 3.21. The van der Waals surface area contributed by atoms with E-state index >= 15 is 0 Å². The molecule has 21 heavy (non-hydrogen) atoms. The van der Waals surface area contributed by atoms with E-state index in [1.807, 2.05) is 48.3 Å². The second kappa shape index (κ2) is 5.16. The summed E-state index contributed by atoms with van der Waals surface area (Å²) in [5, 5.41) is 15.7. The zero-order chi connectivity index (χ0) is 14.8. The molecule has 1 aromatic heterocycles. The molecule has 0 amide bonds. The van der Waals surface area contributed by atoms with Crippen molar-refractivity contribution in [3.63, 3.8) is 0 Å². The predicted molar refractivity (Wildman–Crippen MR) is 82.9 cm³/mol. The van der Waals surface area contributed by atoms with Crippen LogP contribution in [0.2, 0.25) is 0 Å². The first-order valence-corrected chi connectivity index (χ1v) is 6.43. The molecule has 0 aliphatic heterocycles. The summed E-state index contributed by atoms with van der Waals surface area (Å²) < 4.78 is 0. The maximum atomic E-state index is 7.40. The van der Waals surface area contributed by atoms with Crippen LogP contribution in [-0.4, -0.2) is 28.1 Å². The van der Waals surface area contributed by atoms with Gasteiger partial charge in [0, 0.05) is 18.3 Å². The van der Waals surface area contributed by atoms with Crippen molar-refractivity contribution in [3.8, 4) is 0 Å². The van der Waals surface area contributed by atoms with E-state index in [-0.39, 0.29) is 5.84 Å². The molecule has 0 saturated heterocycles. The summed E-state index contributed by atoms with van der Waals surface area (Å²) in [7, 11) is 1.87. The molecule has 6 heteroatoms. The van der Waals surface area contributed by atoms with Gasteiger partial charge >= 0.3 is 0 Å². The third kappa shape index (κ3) is 2.51. The van der Waals surface area contributed by atoms with Gasteiger partial charge in [-0.2, -0.15) is 0 Å². The Labute approximate surface area is 121 Å². The maximum absolute atomic E-state index is 7.40. The van der Waals surface area contributed by atoms with Crippen LogP contribution in [0, 0.1) is 5.41 Å². The van der Waals surface area contributed by atoms with Crippen molar-refractivity contribution < 1.29 is 0 Å². The van der Waals surface area contributed by atoms with E-state index in [0.29, 0.717) is 11.5 Å². The maximum Gasteiger partial charge on any atom is 0.250 e. The van der Waals surface area contributed by atoms with Crippen LogP contribution in [0.5, 0.6) is 0 Å². The minimum atomic E-state index is 0.0489. The van der Waals surface area contributed by atoms with E-state index in [0.717, 1.165) is 16.7 Å². The Bertz CT molecular complexity index is 797. The molecular formula is C15H14N6.